The van der Waals surface area contributed by atoms with Crippen molar-refractivity contribution in [3.63, 3.8) is 0 Å². The van der Waals surface area contributed by atoms with Gasteiger partial charge in [-0.05, 0) is 47.9 Å². The van der Waals surface area contributed by atoms with Gasteiger partial charge in [0, 0.05) is 13.1 Å². The second kappa shape index (κ2) is 6.18. The average Bonchev–Trinajstić information content (AvgIpc) is 3.30. The van der Waals surface area contributed by atoms with Crippen LogP contribution in [0.3, 0.4) is 0 Å². The SMILES string of the molecule is O=C(CSc1nnnn1C1CC1)N1CC[C@@H]2CCCC[C@H]2C1. The van der Waals surface area contributed by atoms with Crippen molar-refractivity contribution >= 4 is 17.7 Å². The number of carbonyl (C=O) groups is 1. The third kappa shape index (κ3) is 3.00. The van der Waals surface area contributed by atoms with Crippen molar-refractivity contribution in [1.29, 1.82) is 0 Å². The Labute approximate surface area is 135 Å². The smallest absolute Gasteiger partial charge is 0.233 e. The first-order valence-corrected chi connectivity index (χ1v) is 9.48. The van der Waals surface area contributed by atoms with Gasteiger partial charge in [-0.2, -0.15) is 0 Å². The zero-order valence-corrected chi connectivity index (χ0v) is 13.7. The van der Waals surface area contributed by atoms with Crippen LogP contribution in [0.5, 0.6) is 0 Å². The molecule has 0 N–H and O–H groups in total. The number of rotatable bonds is 4. The summed E-state index contributed by atoms with van der Waals surface area (Å²) in [5.74, 6) is 2.32. The molecular formula is C15H23N5OS. The van der Waals surface area contributed by atoms with Gasteiger partial charge in [0.25, 0.3) is 0 Å². The molecule has 0 unspecified atom stereocenters. The molecule has 22 heavy (non-hydrogen) atoms. The number of likely N-dealkylation sites (tertiary alicyclic amines) is 1. The number of hydrogen-bond donors (Lipinski definition) is 0. The van der Waals surface area contributed by atoms with Gasteiger partial charge in [-0.25, -0.2) is 4.68 Å². The van der Waals surface area contributed by atoms with Crippen molar-refractivity contribution < 1.29 is 4.79 Å². The molecule has 0 aromatic carbocycles. The Hall–Kier alpha value is -1.11. The molecule has 2 heterocycles. The molecule has 0 bridgehead atoms. The number of tetrazole rings is 1. The third-order valence-corrected chi connectivity index (χ3v) is 6.24. The minimum absolute atomic E-state index is 0.249. The van der Waals surface area contributed by atoms with Crippen LogP contribution >= 0.6 is 11.8 Å². The summed E-state index contributed by atoms with van der Waals surface area (Å²) in [6.07, 6.45) is 8.91. The number of thioether (sulfide) groups is 1. The molecule has 120 valence electrons. The highest BCUT2D eigenvalue weighted by atomic mass is 32.2. The fraction of sp³-hybridized carbons (Fsp3) is 0.867. The Balaban J connectivity index is 1.31. The summed E-state index contributed by atoms with van der Waals surface area (Å²) >= 11 is 1.49. The first-order valence-electron chi connectivity index (χ1n) is 8.49. The molecule has 4 rings (SSSR count). The lowest BCUT2D eigenvalue weighted by Crippen LogP contribution is -2.45. The minimum Gasteiger partial charge on any atom is -0.342 e. The van der Waals surface area contributed by atoms with Crippen molar-refractivity contribution in [3.05, 3.63) is 0 Å². The number of amides is 1. The number of piperidine rings is 1. The lowest BCUT2D eigenvalue weighted by atomic mass is 9.75. The molecule has 2 aliphatic carbocycles. The van der Waals surface area contributed by atoms with E-state index in [0.717, 1.165) is 42.9 Å². The van der Waals surface area contributed by atoms with Gasteiger partial charge in [-0.15, -0.1) is 5.10 Å². The summed E-state index contributed by atoms with van der Waals surface area (Å²) in [7, 11) is 0. The van der Waals surface area contributed by atoms with E-state index in [-0.39, 0.29) is 5.91 Å². The molecule has 1 saturated heterocycles. The number of hydrogen-bond acceptors (Lipinski definition) is 5. The van der Waals surface area contributed by atoms with E-state index in [1.54, 1.807) is 0 Å². The molecule has 7 heteroatoms. The highest BCUT2D eigenvalue weighted by Gasteiger charge is 2.33. The lowest BCUT2D eigenvalue weighted by Gasteiger charge is -2.41. The zero-order chi connectivity index (χ0) is 14.9. The molecule has 2 saturated carbocycles. The number of nitrogens with zero attached hydrogens (tertiary/aromatic N) is 5. The number of carbonyl (C=O) groups excluding carboxylic acids is 1. The summed E-state index contributed by atoms with van der Waals surface area (Å²) in [4.78, 5) is 14.6. The van der Waals surface area contributed by atoms with Crippen LogP contribution in [-0.4, -0.2) is 49.9 Å². The molecule has 0 radical (unpaired) electrons. The normalized spacial score (nSPS) is 28.5. The van der Waals surface area contributed by atoms with E-state index in [2.05, 4.69) is 20.4 Å². The maximum Gasteiger partial charge on any atom is 0.233 e. The fourth-order valence-electron chi connectivity index (χ4n) is 3.87. The maximum absolute atomic E-state index is 12.5. The van der Waals surface area contributed by atoms with Crippen LogP contribution in [0.1, 0.15) is 51.0 Å². The van der Waals surface area contributed by atoms with E-state index in [9.17, 15) is 4.79 Å². The Kier molecular flexibility index (Phi) is 4.07. The van der Waals surface area contributed by atoms with Gasteiger partial charge < -0.3 is 4.90 Å². The molecule has 2 atom stereocenters. The van der Waals surface area contributed by atoms with Gasteiger partial charge >= 0.3 is 0 Å². The van der Waals surface area contributed by atoms with Crippen LogP contribution in [0.25, 0.3) is 0 Å². The van der Waals surface area contributed by atoms with Gasteiger partial charge in [-0.3, -0.25) is 4.79 Å². The molecular weight excluding hydrogens is 298 g/mol. The summed E-state index contributed by atoms with van der Waals surface area (Å²) in [5.41, 5.74) is 0. The Morgan fingerprint density at radius 2 is 1.95 bits per heavy atom. The molecule has 1 aliphatic heterocycles. The van der Waals surface area contributed by atoms with Crippen molar-refractivity contribution in [2.24, 2.45) is 11.8 Å². The predicted molar refractivity (Wildman–Crippen MR) is 83.5 cm³/mol. The molecule has 3 aliphatic rings. The van der Waals surface area contributed by atoms with Crippen LogP contribution < -0.4 is 0 Å². The first-order chi connectivity index (χ1) is 10.8. The molecule has 3 fully saturated rings. The van der Waals surface area contributed by atoms with E-state index >= 15 is 0 Å². The third-order valence-electron chi connectivity index (χ3n) is 5.32. The standard InChI is InChI=1S/C15H23N5OS/c21-14(10-22-15-16-17-18-20(15)13-5-6-13)19-8-7-11-3-1-2-4-12(11)9-19/h11-13H,1-10H2/t11-,12-/m0/s1. The van der Waals surface area contributed by atoms with Crippen LogP contribution in [0.2, 0.25) is 0 Å². The van der Waals surface area contributed by atoms with Crippen LogP contribution in [0.15, 0.2) is 5.16 Å². The van der Waals surface area contributed by atoms with Gasteiger partial charge in [0.05, 0.1) is 11.8 Å². The monoisotopic (exact) mass is 321 g/mol. The maximum atomic E-state index is 12.5. The Morgan fingerprint density at radius 1 is 1.14 bits per heavy atom. The molecule has 0 spiro atoms. The van der Waals surface area contributed by atoms with Crippen molar-refractivity contribution in [1.82, 2.24) is 25.1 Å². The van der Waals surface area contributed by atoms with Gasteiger partial charge in [0.2, 0.25) is 11.1 Å². The van der Waals surface area contributed by atoms with Crippen molar-refractivity contribution in [3.8, 4) is 0 Å². The second-order valence-electron chi connectivity index (χ2n) is 6.86. The first kappa shape index (κ1) is 14.5. The summed E-state index contributed by atoms with van der Waals surface area (Å²) in [5, 5.41) is 12.6. The molecule has 6 nitrogen and oxygen atoms in total. The quantitative estimate of drug-likeness (QED) is 0.795. The summed E-state index contributed by atoms with van der Waals surface area (Å²) in [6, 6.07) is 0.464. The van der Waals surface area contributed by atoms with E-state index < -0.39 is 0 Å². The van der Waals surface area contributed by atoms with E-state index in [1.165, 1.54) is 43.9 Å². The van der Waals surface area contributed by atoms with E-state index in [0.29, 0.717) is 11.8 Å². The topological polar surface area (TPSA) is 63.9 Å². The fourth-order valence-corrected chi connectivity index (χ4v) is 4.72. The minimum atomic E-state index is 0.249. The predicted octanol–water partition coefficient (Wildman–Crippen LogP) is 2.14. The van der Waals surface area contributed by atoms with Gasteiger partial charge in [0.15, 0.2) is 0 Å². The molecule has 1 aromatic heterocycles. The lowest BCUT2D eigenvalue weighted by molar-refractivity contribution is -0.131. The van der Waals surface area contributed by atoms with Crippen molar-refractivity contribution in [2.45, 2.75) is 56.1 Å². The van der Waals surface area contributed by atoms with Gasteiger partial charge in [0.1, 0.15) is 0 Å². The van der Waals surface area contributed by atoms with Crippen LogP contribution in [0.4, 0.5) is 0 Å². The van der Waals surface area contributed by atoms with E-state index in [1.807, 2.05) is 4.68 Å². The van der Waals surface area contributed by atoms with Gasteiger partial charge in [-0.1, -0.05) is 31.0 Å². The van der Waals surface area contributed by atoms with E-state index in [4.69, 9.17) is 0 Å². The van der Waals surface area contributed by atoms with Crippen molar-refractivity contribution in [2.75, 3.05) is 18.8 Å². The number of aromatic nitrogens is 4. The molecule has 1 aromatic rings. The summed E-state index contributed by atoms with van der Waals surface area (Å²) < 4.78 is 1.88. The summed E-state index contributed by atoms with van der Waals surface area (Å²) in [6.45, 7) is 1.91. The largest absolute Gasteiger partial charge is 0.342 e. The van der Waals surface area contributed by atoms with Crippen LogP contribution in [0, 0.1) is 11.8 Å². The number of fused-ring (bicyclic) bond motifs is 1. The Bertz CT molecular complexity index is 544. The highest BCUT2D eigenvalue weighted by Crippen LogP contribution is 2.37. The zero-order valence-electron chi connectivity index (χ0n) is 12.9. The second-order valence-corrected chi connectivity index (χ2v) is 7.80. The average molecular weight is 321 g/mol. The Morgan fingerprint density at radius 3 is 2.77 bits per heavy atom. The van der Waals surface area contributed by atoms with Crippen LogP contribution in [-0.2, 0) is 4.79 Å². The highest BCUT2D eigenvalue weighted by molar-refractivity contribution is 7.99. The molecule has 1 amide bonds.